The highest BCUT2D eigenvalue weighted by Crippen LogP contribution is 2.27. The van der Waals surface area contributed by atoms with Gasteiger partial charge < -0.3 is 15.8 Å². The Hall–Kier alpha value is -0.610. The number of amides is 1. The van der Waals surface area contributed by atoms with E-state index in [2.05, 4.69) is 5.32 Å². The Morgan fingerprint density at radius 1 is 1.22 bits per heavy atom. The van der Waals surface area contributed by atoms with Crippen LogP contribution in [0.2, 0.25) is 0 Å². The van der Waals surface area contributed by atoms with Crippen LogP contribution < -0.4 is 11.1 Å². The molecule has 1 heterocycles. The van der Waals surface area contributed by atoms with Gasteiger partial charge in [0.15, 0.2) is 0 Å². The van der Waals surface area contributed by atoms with Gasteiger partial charge in [-0.3, -0.25) is 4.79 Å². The van der Waals surface area contributed by atoms with Gasteiger partial charge in [0, 0.05) is 26.2 Å². The quantitative estimate of drug-likeness (QED) is 0.800. The first-order valence-electron chi connectivity index (χ1n) is 7.33. The van der Waals surface area contributed by atoms with Crippen molar-refractivity contribution in [2.45, 2.75) is 56.9 Å². The lowest BCUT2D eigenvalue weighted by atomic mass is 9.85. The van der Waals surface area contributed by atoms with Gasteiger partial charge in [-0.2, -0.15) is 0 Å². The summed E-state index contributed by atoms with van der Waals surface area (Å²) < 4.78 is 5.35. The smallest absolute Gasteiger partial charge is 0.220 e. The van der Waals surface area contributed by atoms with Gasteiger partial charge in [0.2, 0.25) is 5.91 Å². The first-order chi connectivity index (χ1) is 8.74. The normalized spacial score (nSPS) is 24.7. The van der Waals surface area contributed by atoms with E-state index in [-0.39, 0.29) is 11.4 Å². The van der Waals surface area contributed by atoms with E-state index < -0.39 is 0 Å². The van der Waals surface area contributed by atoms with Crippen LogP contribution in [0.5, 0.6) is 0 Å². The molecule has 0 aromatic heterocycles. The molecule has 2 rings (SSSR count). The van der Waals surface area contributed by atoms with E-state index in [9.17, 15) is 4.79 Å². The largest absolute Gasteiger partial charge is 0.381 e. The average Bonchev–Trinajstić information content (AvgIpc) is 2.41. The van der Waals surface area contributed by atoms with Crippen molar-refractivity contribution in [2.75, 3.05) is 19.8 Å². The van der Waals surface area contributed by atoms with Crippen molar-refractivity contribution in [3.8, 4) is 0 Å². The van der Waals surface area contributed by atoms with Crippen LogP contribution in [-0.4, -0.2) is 31.2 Å². The zero-order valence-corrected chi connectivity index (χ0v) is 11.2. The molecule has 0 spiro atoms. The van der Waals surface area contributed by atoms with E-state index in [0.29, 0.717) is 32.1 Å². The van der Waals surface area contributed by atoms with Gasteiger partial charge in [-0.15, -0.1) is 0 Å². The molecule has 104 valence electrons. The van der Waals surface area contributed by atoms with Crippen LogP contribution in [0.15, 0.2) is 0 Å². The Kier molecular flexibility index (Phi) is 5.01. The maximum Gasteiger partial charge on any atom is 0.220 e. The molecule has 2 fully saturated rings. The fraction of sp³-hybridized carbons (Fsp3) is 0.929. The molecule has 0 unspecified atom stereocenters. The van der Waals surface area contributed by atoms with Gasteiger partial charge >= 0.3 is 0 Å². The molecule has 1 saturated heterocycles. The van der Waals surface area contributed by atoms with Crippen LogP contribution in [0.25, 0.3) is 0 Å². The summed E-state index contributed by atoms with van der Waals surface area (Å²) in [6.07, 6.45) is 8.71. The zero-order valence-electron chi connectivity index (χ0n) is 11.2. The first kappa shape index (κ1) is 13.8. The van der Waals surface area contributed by atoms with Gasteiger partial charge in [-0.1, -0.05) is 19.3 Å². The lowest BCUT2D eigenvalue weighted by molar-refractivity contribution is -0.125. The van der Waals surface area contributed by atoms with Crippen molar-refractivity contribution in [1.29, 1.82) is 0 Å². The maximum absolute atomic E-state index is 12.1. The Morgan fingerprint density at radius 3 is 2.50 bits per heavy atom. The maximum atomic E-state index is 12.1. The van der Waals surface area contributed by atoms with Gasteiger partial charge in [0.1, 0.15) is 0 Å². The van der Waals surface area contributed by atoms with Gasteiger partial charge in [0.25, 0.3) is 0 Å². The Morgan fingerprint density at radius 2 is 1.89 bits per heavy atom. The van der Waals surface area contributed by atoms with Crippen LogP contribution in [0, 0.1) is 5.92 Å². The second-order valence-corrected chi connectivity index (χ2v) is 5.85. The van der Waals surface area contributed by atoms with Crippen LogP contribution >= 0.6 is 0 Å². The van der Waals surface area contributed by atoms with Crippen molar-refractivity contribution in [3.63, 3.8) is 0 Å². The number of carbonyl (C=O) groups is 1. The summed E-state index contributed by atoms with van der Waals surface area (Å²) in [5.74, 6) is 0.780. The summed E-state index contributed by atoms with van der Waals surface area (Å²) >= 11 is 0. The molecule has 4 nitrogen and oxygen atoms in total. The van der Waals surface area contributed by atoms with Crippen LogP contribution in [-0.2, 0) is 9.53 Å². The third-order valence-electron chi connectivity index (χ3n) is 4.44. The van der Waals surface area contributed by atoms with Gasteiger partial charge in [-0.25, -0.2) is 0 Å². The van der Waals surface area contributed by atoms with Crippen molar-refractivity contribution >= 4 is 5.91 Å². The molecule has 0 aromatic rings. The van der Waals surface area contributed by atoms with Crippen molar-refractivity contribution in [2.24, 2.45) is 11.7 Å². The van der Waals surface area contributed by atoms with Gasteiger partial charge in [-0.05, 0) is 31.6 Å². The lowest BCUT2D eigenvalue weighted by Gasteiger charge is -2.37. The van der Waals surface area contributed by atoms with Crippen molar-refractivity contribution in [3.05, 3.63) is 0 Å². The standard InChI is InChI=1S/C14H26N2O2/c15-11-14(6-8-18-9-7-14)16-13(17)10-12-4-2-1-3-5-12/h12H,1-11,15H2,(H,16,17). The van der Waals surface area contributed by atoms with Crippen LogP contribution in [0.3, 0.4) is 0 Å². The molecule has 4 heteroatoms. The number of nitrogens with one attached hydrogen (secondary N) is 1. The van der Waals surface area contributed by atoms with Crippen LogP contribution in [0.4, 0.5) is 0 Å². The molecule has 1 aliphatic heterocycles. The molecular weight excluding hydrogens is 228 g/mol. The van der Waals surface area contributed by atoms with Crippen molar-refractivity contribution < 1.29 is 9.53 Å². The first-order valence-corrected chi connectivity index (χ1v) is 7.33. The third kappa shape index (κ3) is 3.69. The minimum atomic E-state index is -0.204. The molecule has 3 N–H and O–H groups in total. The van der Waals surface area contributed by atoms with E-state index in [1.165, 1.54) is 32.1 Å². The highest BCUT2D eigenvalue weighted by Gasteiger charge is 2.33. The molecule has 1 amide bonds. The van der Waals surface area contributed by atoms with Crippen molar-refractivity contribution in [1.82, 2.24) is 5.32 Å². The van der Waals surface area contributed by atoms with E-state index in [1.54, 1.807) is 0 Å². The highest BCUT2D eigenvalue weighted by atomic mass is 16.5. The number of hydrogen-bond acceptors (Lipinski definition) is 3. The summed E-state index contributed by atoms with van der Waals surface area (Å²) in [4.78, 5) is 12.1. The number of hydrogen-bond donors (Lipinski definition) is 2. The summed E-state index contributed by atoms with van der Waals surface area (Å²) in [7, 11) is 0. The summed E-state index contributed by atoms with van der Waals surface area (Å²) in [5.41, 5.74) is 5.65. The molecular formula is C14H26N2O2. The van der Waals surface area contributed by atoms with E-state index in [0.717, 1.165) is 12.8 Å². The summed E-state index contributed by atoms with van der Waals surface area (Å²) in [5, 5.41) is 3.19. The minimum Gasteiger partial charge on any atom is -0.381 e. The highest BCUT2D eigenvalue weighted by molar-refractivity contribution is 5.77. The second-order valence-electron chi connectivity index (χ2n) is 5.85. The Balaban J connectivity index is 1.81. The number of nitrogens with two attached hydrogens (primary N) is 1. The fourth-order valence-corrected chi connectivity index (χ4v) is 3.14. The monoisotopic (exact) mass is 254 g/mol. The molecule has 0 radical (unpaired) electrons. The lowest BCUT2D eigenvalue weighted by Crippen LogP contribution is -2.56. The number of rotatable bonds is 4. The van der Waals surface area contributed by atoms with E-state index in [4.69, 9.17) is 10.5 Å². The topological polar surface area (TPSA) is 64.3 Å². The minimum absolute atomic E-state index is 0.189. The average molecular weight is 254 g/mol. The molecule has 2 aliphatic rings. The Bertz CT molecular complexity index is 269. The zero-order chi connectivity index (χ0) is 12.8. The second kappa shape index (κ2) is 6.53. The number of carbonyl (C=O) groups excluding carboxylic acids is 1. The third-order valence-corrected chi connectivity index (χ3v) is 4.44. The van der Waals surface area contributed by atoms with Crippen LogP contribution in [0.1, 0.15) is 51.4 Å². The molecule has 0 aromatic carbocycles. The fourth-order valence-electron chi connectivity index (χ4n) is 3.14. The van der Waals surface area contributed by atoms with Gasteiger partial charge in [0.05, 0.1) is 5.54 Å². The Labute approximate surface area is 110 Å². The molecule has 1 saturated carbocycles. The molecule has 18 heavy (non-hydrogen) atoms. The summed E-state index contributed by atoms with van der Waals surface area (Å²) in [6.45, 7) is 1.94. The van der Waals surface area contributed by atoms with E-state index in [1.807, 2.05) is 0 Å². The predicted molar refractivity (Wildman–Crippen MR) is 71.2 cm³/mol. The SMILES string of the molecule is NCC1(NC(=O)CC2CCCCC2)CCOCC1. The molecule has 1 aliphatic carbocycles. The predicted octanol–water partition coefficient (Wildman–Crippen LogP) is 1.58. The summed E-state index contributed by atoms with van der Waals surface area (Å²) in [6, 6.07) is 0. The molecule has 0 bridgehead atoms. The number of ether oxygens (including phenoxy) is 1. The molecule has 0 atom stereocenters. The van der Waals surface area contributed by atoms with E-state index >= 15 is 0 Å².